The third-order valence-electron chi connectivity index (χ3n) is 4.75. The summed E-state index contributed by atoms with van der Waals surface area (Å²) >= 11 is 0. The largest absolute Gasteiger partial charge is 0.357 e. The molecule has 0 aliphatic rings. The van der Waals surface area contributed by atoms with Gasteiger partial charge in [0.25, 0.3) is 0 Å². The zero-order valence-corrected chi connectivity index (χ0v) is 20.0. The smallest absolute Gasteiger partial charge is 0.193 e. The van der Waals surface area contributed by atoms with Gasteiger partial charge in [-0.2, -0.15) is 5.10 Å². The number of hydrogen-bond acceptors (Lipinski definition) is 4. The minimum atomic E-state index is 0. The van der Waals surface area contributed by atoms with Crippen LogP contribution in [0.3, 0.4) is 0 Å². The summed E-state index contributed by atoms with van der Waals surface area (Å²) in [4.78, 5) is 6.89. The molecule has 4 aromatic rings. The van der Waals surface area contributed by atoms with Crippen molar-refractivity contribution in [1.29, 1.82) is 0 Å². The quantitative estimate of drug-likeness (QED) is 0.226. The van der Waals surface area contributed by atoms with Gasteiger partial charge in [0.2, 0.25) is 0 Å². The molecule has 3 aromatic heterocycles. The molecule has 162 valence electrons. The number of nitrogens with one attached hydrogen (secondary N) is 1. The van der Waals surface area contributed by atoms with Crippen LogP contribution in [0.5, 0.6) is 0 Å². The fourth-order valence-electron chi connectivity index (χ4n) is 3.31. The minimum Gasteiger partial charge on any atom is -0.357 e. The normalized spacial score (nSPS) is 11.4. The second-order valence-electron chi connectivity index (χ2n) is 7.02. The van der Waals surface area contributed by atoms with E-state index in [1.54, 1.807) is 0 Å². The molecule has 0 aliphatic heterocycles. The summed E-state index contributed by atoms with van der Waals surface area (Å²) in [5.41, 5.74) is 3.03. The Morgan fingerprint density at radius 2 is 1.90 bits per heavy atom. The van der Waals surface area contributed by atoms with Crippen molar-refractivity contribution in [2.45, 2.75) is 19.9 Å². The van der Waals surface area contributed by atoms with E-state index in [2.05, 4.69) is 38.6 Å². The van der Waals surface area contributed by atoms with E-state index in [0.29, 0.717) is 13.1 Å². The van der Waals surface area contributed by atoms with Gasteiger partial charge in [-0.3, -0.25) is 9.39 Å². The molecule has 3 heterocycles. The molecule has 8 nitrogen and oxygen atoms in total. The predicted molar refractivity (Wildman–Crippen MR) is 133 cm³/mol. The average molecular weight is 530 g/mol. The van der Waals surface area contributed by atoms with Crippen LogP contribution in [-0.4, -0.2) is 55.4 Å². The molecule has 4 rings (SSSR count). The van der Waals surface area contributed by atoms with Crippen molar-refractivity contribution in [3.63, 3.8) is 0 Å². The van der Waals surface area contributed by atoms with Crippen LogP contribution < -0.4 is 5.32 Å². The van der Waals surface area contributed by atoms with Gasteiger partial charge in [-0.1, -0.05) is 24.3 Å². The molecule has 0 saturated carbocycles. The Hall–Kier alpha value is -2.95. The summed E-state index contributed by atoms with van der Waals surface area (Å²) in [5.74, 6) is 1.77. The maximum atomic E-state index is 4.78. The highest BCUT2D eigenvalue weighted by Gasteiger charge is 2.10. The van der Waals surface area contributed by atoms with Crippen molar-refractivity contribution in [3.8, 4) is 5.69 Å². The Morgan fingerprint density at radius 3 is 2.71 bits per heavy atom. The number of rotatable bonds is 7. The SMILES string of the molecule is CCNC(=NCCc1nnc2ccccn12)N(C)Cc1cnn(-c2ccccc2)c1.I. The number of guanidine groups is 1. The first-order valence-electron chi connectivity index (χ1n) is 10.1. The molecule has 0 bridgehead atoms. The average Bonchev–Trinajstić information content (AvgIpc) is 3.41. The van der Waals surface area contributed by atoms with Crippen LogP contribution in [0.15, 0.2) is 72.1 Å². The Labute approximate surface area is 199 Å². The second kappa shape index (κ2) is 10.9. The molecule has 0 atom stereocenters. The summed E-state index contributed by atoms with van der Waals surface area (Å²) in [6, 6.07) is 16.0. The van der Waals surface area contributed by atoms with Gasteiger partial charge in [0.15, 0.2) is 11.6 Å². The molecule has 0 spiro atoms. The molecule has 0 amide bonds. The molecule has 0 radical (unpaired) electrons. The first-order valence-corrected chi connectivity index (χ1v) is 10.1. The van der Waals surface area contributed by atoms with E-state index in [1.165, 1.54) is 0 Å². The van der Waals surface area contributed by atoms with Gasteiger partial charge in [0, 0.05) is 51.1 Å². The van der Waals surface area contributed by atoms with E-state index < -0.39 is 0 Å². The number of para-hydroxylation sites is 1. The lowest BCUT2D eigenvalue weighted by Gasteiger charge is -2.21. The van der Waals surface area contributed by atoms with E-state index in [1.807, 2.05) is 77.1 Å². The molecule has 0 saturated heterocycles. The van der Waals surface area contributed by atoms with Crippen molar-refractivity contribution < 1.29 is 0 Å². The molecular formula is C22H27IN8. The first-order chi connectivity index (χ1) is 14.7. The number of nitrogens with zero attached hydrogens (tertiary/aromatic N) is 7. The van der Waals surface area contributed by atoms with Gasteiger partial charge in [-0.15, -0.1) is 34.2 Å². The molecule has 0 fully saturated rings. The number of aliphatic imine (C=N–C) groups is 1. The van der Waals surface area contributed by atoms with Gasteiger partial charge in [0.05, 0.1) is 11.9 Å². The lowest BCUT2D eigenvalue weighted by atomic mass is 10.3. The van der Waals surface area contributed by atoms with Crippen LogP contribution in [0.2, 0.25) is 0 Å². The third-order valence-corrected chi connectivity index (χ3v) is 4.75. The second-order valence-corrected chi connectivity index (χ2v) is 7.02. The zero-order chi connectivity index (χ0) is 20.8. The fraction of sp³-hybridized carbons (Fsp3) is 0.273. The maximum absolute atomic E-state index is 4.78. The fourth-order valence-corrected chi connectivity index (χ4v) is 3.31. The van der Waals surface area contributed by atoms with Crippen molar-refractivity contribution in [2.75, 3.05) is 20.1 Å². The number of benzene rings is 1. The topological polar surface area (TPSA) is 75.6 Å². The first kappa shape index (κ1) is 22.7. The molecule has 31 heavy (non-hydrogen) atoms. The monoisotopic (exact) mass is 530 g/mol. The summed E-state index contributed by atoms with van der Waals surface area (Å²) in [7, 11) is 2.04. The van der Waals surface area contributed by atoms with Crippen molar-refractivity contribution >= 4 is 35.6 Å². The highest BCUT2D eigenvalue weighted by Crippen LogP contribution is 2.09. The summed E-state index contributed by atoms with van der Waals surface area (Å²) in [6.07, 6.45) is 6.66. The summed E-state index contributed by atoms with van der Waals surface area (Å²) in [6.45, 7) is 4.22. The van der Waals surface area contributed by atoms with Crippen LogP contribution >= 0.6 is 24.0 Å². The van der Waals surface area contributed by atoms with E-state index in [0.717, 1.165) is 41.6 Å². The highest BCUT2D eigenvalue weighted by atomic mass is 127. The molecule has 1 N–H and O–H groups in total. The predicted octanol–water partition coefficient (Wildman–Crippen LogP) is 3.17. The van der Waals surface area contributed by atoms with Crippen LogP contribution in [-0.2, 0) is 13.0 Å². The van der Waals surface area contributed by atoms with Gasteiger partial charge in [0.1, 0.15) is 5.82 Å². The number of pyridine rings is 1. The van der Waals surface area contributed by atoms with E-state index >= 15 is 0 Å². The minimum absolute atomic E-state index is 0. The molecule has 0 unspecified atom stereocenters. The highest BCUT2D eigenvalue weighted by molar-refractivity contribution is 14.0. The van der Waals surface area contributed by atoms with Gasteiger partial charge < -0.3 is 10.2 Å². The Kier molecular flexibility index (Phi) is 7.99. The van der Waals surface area contributed by atoms with E-state index in [4.69, 9.17) is 4.99 Å². The van der Waals surface area contributed by atoms with Gasteiger partial charge >= 0.3 is 0 Å². The zero-order valence-electron chi connectivity index (χ0n) is 17.7. The van der Waals surface area contributed by atoms with Crippen LogP contribution in [0.1, 0.15) is 18.3 Å². The molecule has 0 aliphatic carbocycles. The number of fused-ring (bicyclic) bond motifs is 1. The number of halogens is 1. The van der Waals surface area contributed by atoms with Crippen molar-refractivity contribution in [1.82, 2.24) is 34.6 Å². The molecule has 9 heteroatoms. The van der Waals surface area contributed by atoms with Crippen LogP contribution in [0.4, 0.5) is 0 Å². The Bertz CT molecular complexity index is 1120. The maximum Gasteiger partial charge on any atom is 0.193 e. The number of hydrogen-bond donors (Lipinski definition) is 1. The van der Waals surface area contributed by atoms with Gasteiger partial charge in [-0.05, 0) is 31.2 Å². The van der Waals surface area contributed by atoms with Crippen LogP contribution in [0, 0.1) is 0 Å². The van der Waals surface area contributed by atoms with Crippen molar-refractivity contribution in [3.05, 3.63) is 78.5 Å². The van der Waals surface area contributed by atoms with Gasteiger partial charge in [-0.25, -0.2) is 4.68 Å². The summed E-state index contributed by atoms with van der Waals surface area (Å²) in [5, 5.41) is 16.3. The van der Waals surface area contributed by atoms with Crippen LogP contribution in [0.25, 0.3) is 11.3 Å². The van der Waals surface area contributed by atoms with E-state index in [-0.39, 0.29) is 24.0 Å². The van der Waals surface area contributed by atoms with E-state index in [9.17, 15) is 0 Å². The standard InChI is InChI=1S/C22H26N8.HI/c1-3-23-22(24-13-12-21-27-26-20-11-7-8-14-29(20)21)28(2)16-18-15-25-30(17-18)19-9-5-4-6-10-19;/h4-11,14-15,17H,3,12-13,16H2,1-2H3,(H,23,24);1H. The lowest BCUT2D eigenvalue weighted by molar-refractivity contribution is 0.477. The lowest BCUT2D eigenvalue weighted by Crippen LogP contribution is -2.38. The third kappa shape index (κ3) is 5.60. The molecule has 1 aromatic carbocycles. The van der Waals surface area contributed by atoms with Crippen molar-refractivity contribution in [2.24, 2.45) is 4.99 Å². The Morgan fingerprint density at radius 1 is 1.10 bits per heavy atom. The molecular weight excluding hydrogens is 503 g/mol. The number of aromatic nitrogens is 5. The summed E-state index contributed by atoms with van der Waals surface area (Å²) < 4.78 is 3.90. The Balaban J connectivity index is 0.00000272.